The van der Waals surface area contributed by atoms with Gasteiger partial charge >= 0.3 is 0 Å². The molecule has 0 amide bonds. The van der Waals surface area contributed by atoms with Crippen molar-refractivity contribution >= 4 is 0 Å². The highest BCUT2D eigenvalue weighted by Crippen LogP contribution is 2.15. The molecule has 17 heavy (non-hydrogen) atoms. The predicted octanol–water partition coefficient (Wildman–Crippen LogP) is 0.936. The Morgan fingerprint density at radius 3 is 3.18 bits per heavy atom. The molecule has 90 valence electrons. The van der Waals surface area contributed by atoms with Gasteiger partial charge in [-0.15, -0.1) is 0 Å². The van der Waals surface area contributed by atoms with E-state index in [-0.39, 0.29) is 6.10 Å². The van der Waals surface area contributed by atoms with Crippen LogP contribution in [0.15, 0.2) is 24.5 Å². The summed E-state index contributed by atoms with van der Waals surface area (Å²) < 4.78 is 5.65. The molecule has 1 atom stereocenters. The van der Waals surface area contributed by atoms with Gasteiger partial charge in [0.25, 0.3) is 0 Å². The van der Waals surface area contributed by atoms with E-state index >= 15 is 0 Å². The van der Waals surface area contributed by atoms with E-state index in [0.29, 0.717) is 0 Å². The van der Waals surface area contributed by atoms with Crippen molar-refractivity contribution < 1.29 is 4.74 Å². The molecule has 5 heteroatoms. The molecule has 0 bridgehead atoms. The van der Waals surface area contributed by atoms with Crippen LogP contribution in [0.1, 0.15) is 5.82 Å². The number of imidazole rings is 1. The van der Waals surface area contributed by atoms with Gasteiger partial charge in [0.15, 0.2) is 0 Å². The van der Waals surface area contributed by atoms with E-state index < -0.39 is 0 Å². The summed E-state index contributed by atoms with van der Waals surface area (Å²) in [7, 11) is 0. The molecule has 0 saturated carbocycles. The number of nitrogens with zero attached hydrogens (tertiary/aromatic N) is 1. The van der Waals surface area contributed by atoms with Crippen molar-refractivity contribution in [2.75, 3.05) is 19.7 Å². The van der Waals surface area contributed by atoms with Crippen LogP contribution in [0, 0.1) is 0 Å². The molecular formula is C12H16N4O. The Kier molecular flexibility index (Phi) is 2.94. The Balaban J connectivity index is 1.68. The summed E-state index contributed by atoms with van der Waals surface area (Å²) in [5, 5.41) is 3.32. The van der Waals surface area contributed by atoms with E-state index in [1.54, 1.807) is 0 Å². The minimum Gasteiger partial charge on any atom is -0.375 e. The molecule has 1 aliphatic rings. The summed E-state index contributed by atoms with van der Waals surface area (Å²) in [5.41, 5.74) is 2.08. The van der Waals surface area contributed by atoms with Gasteiger partial charge in [0.05, 0.1) is 30.3 Å². The van der Waals surface area contributed by atoms with Crippen LogP contribution in [-0.2, 0) is 11.2 Å². The number of nitrogens with one attached hydrogen (secondary N) is 3. The number of hydrogen-bond acceptors (Lipinski definition) is 3. The maximum atomic E-state index is 5.65. The summed E-state index contributed by atoms with van der Waals surface area (Å²) in [5.74, 6) is 0.975. The molecule has 0 aromatic carbocycles. The van der Waals surface area contributed by atoms with E-state index in [0.717, 1.165) is 43.3 Å². The van der Waals surface area contributed by atoms with Crippen LogP contribution in [0.3, 0.4) is 0 Å². The van der Waals surface area contributed by atoms with E-state index in [4.69, 9.17) is 4.74 Å². The monoisotopic (exact) mass is 232 g/mol. The maximum absolute atomic E-state index is 5.65. The van der Waals surface area contributed by atoms with Crippen LogP contribution in [0.4, 0.5) is 0 Å². The van der Waals surface area contributed by atoms with Crippen molar-refractivity contribution in [1.29, 1.82) is 0 Å². The van der Waals surface area contributed by atoms with Crippen LogP contribution in [-0.4, -0.2) is 40.8 Å². The lowest BCUT2D eigenvalue weighted by atomic mass is 10.2. The highest BCUT2D eigenvalue weighted by atomic mass is 16.5. The molecule has 0 spiro atoms. The molecule has 2 aromatic rings. The first-order chi connectivity index (χ1) is 8.42. The van der Waals surface area contributed by atoms with Crippen LogP contribution in [0.25, 0.3) is 11.4 Å². The third-order valence-corrected chi connectivity index (χ3v) is 2.94. The highest BCUT2D eigenvalue weighted by molar-refractivity contribution is 5.53. The van der Waals surface area contributed by atoms with Crippen molar-refractivity contribution in [3.05, 3.63) is 30.4 Å². The first kappa shape index (κ1) is 10.6. The lowest BCUT2D eigenvalue weighted by Crippen LogP contribution is -2.39. The zero-order chi connectivity index (χ0) is 11.5. The third kappa shape index (κ3) is 2.40. The quantitative estimate of drug-likeness (QED) is 0.737. The fourth-order valence-electron chi connectivity index (χ4n) is 2.07. The molecule has 1 aliphatic heterocycles. The average Bonchev–Trinajstić information content (AvgIpc) is 3.00. The van der Waals surface area contributed by atoms with Gasteiger partial charge in [0, 0.05) is 25.7 Å². The van der Waals surface area contributed by atoms with E-state index in [2.05, 4.69) is 20.3 Å². The number of H-pyrrole nitrogens is 2. The second-order valence-corrected chi connectivity index (χ2v) is 4.23. The normalized spacial score (nSPS) is 20.6. The summed E-state index contributed by atoms with van der Waals surface area (Å²) >= 11 is 0. The Morgan fingerprint density at radius 2 is 2.41 bits per heavy atom. The molecule has 3 N–H and O–H groups in total. The van der Waals surface area contributed by atoms with Crippen molar-refractivity contribution in [2.24, 2.45) is 0 Å². The predicted molar refractivity (Wildman–Crippen MR) is 64.7 cm³/mol. The first-order valence-electron chi connectivity index (χ1n) is 5.92. The van der Waals surface area contributed by atoms with Gasteiger partial charge in [-0.25, -0.2) is 4.98 Å². The minimum absolute atomic E-state index is 0.228. The van der Waals surface area contributed by atoms with E-state index in [9.17, 15) is 0 Å². The van der Waals surface area contributed by atoms with Crippen LogP contribution in [0.5, 0.6) is 0 Å². The highest BCUT2D eigenvalue weighted by Gasteiger charge is 2.15. The lowest BCUT2D eigenvalue weighted by Gasteiger charge is -2.22. The van der Waals surface area contributed by atoms with Crippen LogP contribution in [0.2, 0.25) is 0 Å². The Morgan fingerprint density at radius 1 is 1.41 bits per heavy atom. The lowest BCUT2D eigenvalue weighted by molar-refractivity contribution is 0.0281. The van der Waals surface area contributed by atoms with Crippen molar-refractivity contribution in [1.82, 2.24) is 20.3 Å². The Labute approximate surface area is 99.6 Å². The molecule has 1 unspecified atom stereocenters. The number of rotatable bonds is 3. The molecular weight excluding hydrogens is 216 g/mol. The summed E-state index contributed by atoms with van der Waals surface area (Å²) in [6, 6.07) is 4.00. The molecule has 2 aromatic heterocycles. The fourth-order valence-corrected chi connectivity index (χ4v) is 2.07. The molecule has 3 rings (SSSR count). The van der Waals surface area contributed by atoms with Crippen molar-refractivity contribution in [3.8, 4) is 11.4 Å². The largest absolute Gasteiger partial charge is 0.375 e. The first-order valence-corrected chi connectivity index (χ1v) is 5.92. The summed E-state index contributed by atoms with van der Waals surface area (Å²) in [6.45, 7) is 2.63. The smallest absolute Gasteiger partial charge is 0.109 e. The average molecular weight is 232 g/mol. The van der Waals surface area contributed by atoms with Gasteiger partial charge in [0.1, 0.15) is 5.82 Å². The number of hydrogen-bond donors (Lipinski definition) is 3. The second kappa shape index (κ2) is 4.73. The van der Waals surface area contributed by atoms with Gasteiger partial charge < -0.3 is 20.0 Å². The maximum Gasteiger partial charge on any atom is 0.109 e. The molecule has 5 nitrogen and oxygen atoms in total. The number of ether oxygens (including phenoxy) is 1. The second-order valence-electron chi connectivity index (χ2n) is 4.23. The van der Waals surface area contributed by atoms with Crippen molar-refractivity contribution in [3.63, 3.8) is 0 Å². The van der Waals surface area contributed by atoms with Gasteiger partial charge in [-0.2, -0.15) is 0 Å². The van der Waals surface area contributed by atoms with Crippen LogP contribution < -0.4 is 5.32 Å². The fraction of sp³-hybridized carbons (Fsp3) is 0.417. The number of morpholine rings is 1. The molecule has 1 fully saturated rings. The molecule has 3 heterocycles. The van der Waals surface area contributed by atoms with Gasteiger partial charge in [0.2, 0.25) is 0 Å². The summed E-state index contributed by atoms with van der Waals surface area (Å²) in [6.07, 6.45) is 4.82. The third-order valence-electron chi connectivity index (χ3n) is 2.94. The molecule has 0 radical (unpaired) electrons. The SMILES string of the molecule is c1c[nH]c(-c2cnc(CC3CNCCO3)[nH]2)c1. The topological polar surface area (TPSA) is 65.7 Å². The van der Waals surface area contributed by atoms with E-state index in [1.165, 1.54) is 0 Å². The van der Waals surface area contributed by atoms with Gasteiger partial charge in [-0.3, -0.25) is 0 Å². The minimum atomic E-state index is 0.228. The zero-order valence-electron chi connectivity index (χ0n) is 9.57. The zero-order valence-corrected chi connectivity index (χ0v) is 9.57. The molecule has 1 saturated heterocycles. The number of aromatic amines is 2. The summed E-state index contributed by atoms with van der Waals surface area (Å²) in [4.78, 5) is 10.9. The standard InChI is InChI=1S/C12H16N4O/c1-2-10(14-3-1)11-8-15-12(16-11)6-9-7-13-4-5-17-9/h1-3,8-9,13-14H,4-7H2,(H,15,16). The van der Waals surface area contributed by atoms with Gasteiger partial charge in [-0.1, -0.05) is 0 Å². The van der Waals surface area contributed by atoms with E-state index in [1.807, 2.05) is 24.5 Å². The van der Waals surface area contributed by atoms with Gasteiger partial charge in [-0.05, 0) is 12.1 Å². The van der Waals surface area contributed by atoms with Crippen LogP contribution >= 0.6 is 0 Å². The number of aromatic nitrogens is 3. The van der Waals surface area contributed by atoms with Crippen molar-refractivity contribution in [2.45, 2.75) is 12.5 Å². The Hall–Kier alpha value is -1.59. The molecule has 0 aliphatic carbocycles. The Bertz CT molecular complexity index is 457.